The van der Waals surface area contributed by atoms with Gasteiger partial charge in [-0.25, -0.2) is 4.79 Å². The quantitative estimate of drug-likeness (QED) is 0.916. The van der Waals surface area contributed by atoms with Crippen LogP contribution in [0.15, 0.2) is 48.8 Å². The van der Waals surface area contributed by atoms with Gasteiger partial charge in [-0.2, -0.15) is 0 Å². The molecule has 0 unspecified atom stereocenters. The molecule has 1 aliphatic heterocycles. The second-order valence-electron chi connectivity index (χ2n) is 5.92. The van der Waals surface area contributed by atoms with Crippen LogP contribution in [0.4, 0.5) is 0 Å². The summed E-state index contributed by atoms with van der Waals surface area (Å²) in [6.07, 6.45) is 3.15. The molecule has 0 amide bonds. The summed E-state index contributed by atoms with van der Waals surface area (Å²) in [4.78, 5) is 19.8. The van der Waals surface area contributed by atoms with E-state index in [0.717, 1.165) is 44.8 Å². The Kier molecular flexibility index (Phi) is 5.00. The van der Waals surface area contributed by atoms with E-state index in [1.807, 2.05) is 6.07 Å². The number of aromatic carboxylic acids is 1. The van der Waals surface area contributed by atoms with Crippen molar-refractivity contribution in [2.45, 2.75) is 13.1 Å². The highest BCUT2D eigenvalue weighted by Gasteiger charge is 2.17. The second-order valence-corrected chi connectivity index (χ2v) is 5.92. The number of carboxylic acids is 1. The zero-order chi connectivity index (χ0) is 16.1. The molecule has 2 aromatic rings. The van der Waals surface area contributed by atoms with Gasteiger partial charge in [0.05, 0.1) is 5.56 Å². The standard InChI is InChI=1S/C18H21N3O2/c22-18(23)17-10-16(11-19-12-17)14-21-8-6-20(7-9-21)13-15-4-2-1-3-5-15/h1-5,10-12H,6-9,13-14H2,(H,22,23). The van der Waals surface area contributed by atoms with Gasteiger partial charge < -0.3 is 5.11 Å². The highest BCUT2D eigenvalue weighted by atomic mass is 16.4. The molecule has 1 aliphatic rings. The third-order valence-electron chi connectivity index (χ3n) is 4.16. The molecule has 1 N–H and O–H groups in total. The molecule has 0 saturated carbocycles. The van der Waals surface area contributed by atoms with Gasteiger partial charge in [0.2, 0.25) is 0 Å². The van der Waals surface area contributed by atoms with Crippen LogP contribution in [0.5, 0.6) is 0 Å². The maximum absolute atomic E-state index is 11.0. The Balaban J connectivity index is 1.51. The first-order chi connectivity index (χ1) is 11.2. The zero-order valence-electron chi connectivity index (χ0n) is 13.1. The van der Waals surface area contributed by atoms with Gasteiger partial charge in [0, 0.05) is 51.7 Å². The van der Waals surface area contributed by atoms with Crippen LogP contribution >= 0.6 is 0 Å². The van der Waals surface area contributed by atoms with Crippen molar-refractivity contribution in [1.82, 2.24) is 14.8 Å². The highest BCUT2D eigenvalue weighted by molar-refractivity contribution is 5.87. The van der Waals surface area contributed by atoms with Crippen molar-refractivity contribution in [2.24, 2.45) is 0 Å². The van der Waals surface area contributed by atoms with Crippen LogP contribution in [-0.4, -0.2) is 52.0 Å². The van der Waals surface area contributed by atoms with E-state index in [-0.39, 0.29) is 5.56 Å². The maximum Gasteiger partial charge on any atom is 0.337 e. The van der Waals surface area contributed by atoms with Crippen molar-refractivity contribution >= 4 is 5.97 Å². The summed E-state index contributed by atoms with van der Waals surface area (Å²) in [6.45, 7) is 5.79. The predicted octanol–water partition coefficient (Wildman–Crippen LogP) is 2.10. The Bertz CT molecular complexity index is 652. The fraction of sp³-hybridized carbons (Fsp3) is 0.333. The summed E-state index contributed by atoms with van der Waals surface area (Å²) < 4.78 is 0. The van der Waals surface area contributed by atoms with Crippen molar-refractivity contribution in [2.75, 3.05) is 26.2 Å². The number of aromatic nitrogens is 1. The normalized spacial score (nSPS) is 16.3. The molecule has 1 fully saturated rings. The van der Waals surface area contributed by atoms with Crippen LogP contribution in [0.3, 0.4) is 0 Å². The summed E-state index contributed by atoms with van der Waals surface area (Å²) in [5.41, 5.74) is 2.56. The van der Waals surface area contributed by atoms with Crippen molar-refractivity contribution in [3.05, 3.63) is 65.5 Å². The van der Waals surface area contributed by atoms with Gasteiger partial charge in [0.25, 0.3) is 0 Å². The number of benzene rings is 1. The largest absolute Gasteiger partial charge is 0.478 e. The second kappa shape index (κ2) is 7.35. The van der Waals surface area contributed by atoms with Crippen molar-refractivity contribution < 1.29 is 9.90 Å². The van der Waals surface area contributed by atoms with Crippen LogP contribution < -0.4 is 0 Å². The molecular formula is C18H21N3O2. The molecule has 23 heavy (non-hydrogen) atoms. The minimum atomic E-state index is -0.924. The van der Waals surface area contributed by atoms with Crippen LogP contribution in [0.1, 0.15) is 21.5 Å². The topological polar surface area (TPSA) is 56.7 Å². The summed E-state index contributed by atoms with van der Waals surface area (Å²) in [6, 6.07) is 12.2. The number of carbonyl (C=O) groups is 1. The Labute approximate surface area is 136 Å². The molecule has 1 aromatic heterocycles. The number of pyridine rings is 1. The lowest BCUT2D eigenvalue weighted by molar-refractivity contribution is 0.0696. The first-order valence-electron chi connectivity index (χ1n) is 7.86. The van der Waals surface area contributed by atoms with Crippen LogP contribution in [0, 0.1) is 0 Å². The molecule has 5 nitrogen and oxygen atoms in total. The first-order valence-corrected chi connectivity index (χ1v) is 7.86. The van der Waals surface area contributed by atoms with E-state index < -0.39 is 5.97 Å². The van der Waals surface area contributed by atoms with Gasteiger partial charge in [-0.1, -0.05) is 30.3 Å². The van der Waals surface area contributed by atoms with E-state index >= 15 is 0 Å². The number of carboxylic acid groups (broad SMARTS) is 1. The van der Waals surface area contributed by atoms with E-state index in [4.69, 9.17) is 5.11 Å². The maximum atomic E-state index is 11.0. The molecule has 0 bridgehead atoms. The van der Waals surface area contributed by atoms with E-state index in [2.05, 4.69) is 39.0 Å². The van der Waals surface area contributed by atoms with E-state index in [0.29, 0.717) is 0 Å². The molecule has 3 rings (SSSR count). The summed E-state index contributed by atoms with van der Waals surface area (Å²) in [5.74, 6) is -0.924. The van der Waals surface area contributed by atoms with Crippen molar-refractivity contribution in [1.29, 1.82) is 0 Å². The lowest BCUT2D eigenvalue weighted by Crippen LogP contribution is -2.45. The van der Waals surface area contributed by atoms with Gasteiger partial charge in [0.1, 0.15) is 0 Å². The molecule has 5 heteroatoms. The third kappa shape index (κ3) is 4.37. The fourth-order valence-corrected chi connectivity index (χ4v) is 2.90. The molecule has 2 heterocycles. The molecule has 1 saturated heterocycles. The smallest absolute Gasteiger partial charge is 0.337 e. The van der Waals surface area contributed by atoms with Crippen LogP contribution in [-0.2, 0) is 13.1 Å². The van der Waals surface area contributed by atoms with Gasteiger partial charge >= 0.3 is 5.97 Å². The number of hydrogen-bond acceptors (Lipinski definition) is 4. The van der Waals surface area contributed by atoms with E-state index in [1.54, 1.807) is 12.3 Å². The molecule has 0 aliphatic carbocycles. The zero-order valence-corrected chi connectivity index (χ0v) is 13.1. The van der Waals surface area contributed by atoms with Gasteiger partial charge in [-0.3, -0.25) is 14.8 Å². The van der Waals surface area contributed by atoms with Gasteiger partial charge in [-0.15, -0.1) is 0 Å². The van der Waals surface area contributed by atoms with Gasteiger partial charge in [0.15, 0.2) is 0 Å². The Morgan fingerprint density at radius 1 is 0.957 bits per heavy atom. The molecule has 1 aromatic carbocycles. The average Bonchev–Trinajstić information content (AvgIpc) is 2.58. The Morgan fingerprint density at radius 3 is 2.17 bits per heavy atom. The number of rotatable bonds is 5. The Morgan fingerprint density at radius 2 is 1.57 bits per heavy atom. The molecule has 0 atom stereocenters. The average molecular weight is 311 g/mol. The van der Waals surface area contributed by atoms with E-state index in [9.17, 15) is 4.79 Å². The lowest BCUT2D eigenvalue weighted by Gasteiger charge is -2.34. The predicted molar refractivity (Wildman–Crippen MR) is 88.2 cm³/mol. The monoisotopic (exact) mass is 311 g/mol. The van der Waals surface area contributed by atoms with Gasteiger partial charge in [-0.05, 0) is 17.2 Å². The highest BCUT2D eigenvalue weighted by Crippen LogP contribution is 2.12. The SMILES string of the molecule is O=C(O)c1cncc(CN2CCN(Cc3ccccc3)CC2)c1. The number of nitrogens with zero attached hydrogens (tertiary/aromatic N) is 3. The fourth-order valence-electron chi connectivity index (χ4n) is 2.90. The minimum absolute atomic E-state index is 0.255. The number of piperazine rings is 1. The molecule has 0 radical (unpaired) electrons. The Hall–Kier alpha value is -2.24. The van der Waals surface area contributed by atoms with Crippen LogP contribution in [0.25, 0.3) is 0 Å². The van der Waals surface area contributed by atoms with Crippen molar-refractivity contribution in [3.63, 3.8) is 0 Å². The number of hydrogen-bond donors (Lipinski definition) is 1. The summed E-state index contributed by atoms with van der Waals surface area (Å²) >= 11 is 0. The van der Waals surface area contributed by atoms with E-state index in [1.165, 1.54) is 11.8 Å². The molecule has 120 valence electrons. The summed E-state index contributed by atoms with van der Waals surface area (Å²) in [7, 11) is 0. The van der Waals surface area contributed by atoms with Crippen molar-refractivity contribution in [3.8, 4) is 0 Å². The minimum Gasteiger partial charge on any atom is -0.478 e. The molecule has 0 spiro atoms. The van der Waals surface area contributed by atoms with Crippen LogP contribution in [0.2, 0.25) is 0 Å². The summed E-state index contributed by atoms with van der Waals surface area (Å²) in [5, 5.41) is 9.03. The molecular weight excluding hydrogens is 290 g/mol. The first kappa shape index (κ1) is 15.6. The lowest BCUT2D eigenvalue weighted by atomic mass is 10.1. The third-order valence-corrected chi connectivity index (χ3v) is 4.16.